The zero-order chi connectivity index (χ0) is 19.4. The minimum atomic E-state index is -2.98. The number of carbonyl (C=O) groups excluding carboxylic acids is 2. The summed E-state index contributed by atoms with van der Waals surface area (Å²) in [6.07, 6.45) is 0.124. The van der Waals surface area contributed by atoms with Crippen LogP contribution >= 0.6 is 11.6 Å². The van der Waals surface area contributed by atoms with E-state index >= 15 is 0 Å². The van der Waals surface area contributed by atoms with Gasteiger partial charge in [0.1, 0.15) is 5.75 Å². The van der Waals surface area contributed by atoms with E-state index in [4.69, 9.17) is 11.6 Å². The number of nitrogens with one attached hydrogen (secondary N) is 1. The van der Waals surface area contributed by atoms with Gasteiger partial charge in [-0.2, -0.15) is 8.78 Å². The van der Waals surface area contributed by atoms with Gasteiger partial charge in [-0.1, -0.05) is 41.9 Å². The number of amides is 2. The summed E-state index contributed by atoms with van der Waals surface area (Å²) in [4.78, 5) is 26.3. The van der Waals surface area contributed by atoms with Crippen LogP contribution in [0.1, 0.15) is 12.0 Å². The van der Waals surface area contributed by atoms with Crippen LogP contribution < -0.4 is 10.1 Å². The third kappa shape index (κ3) is 4.95. The van der Waals surface area contributed by atoms with Gasteiger partial charge in [-0.25, -0.2) is 0 Å². The molecule has 1 N–H and O–H groups in total. The Labute approximate surface area is 159 Å². The molecule has 142 valence electrons. The minimum Gasteiger partial charge on any atom is -0.433 e. The molecule has 0 aromatic heterocycles. The monoisotopic (exact) mass is 394 g/mol. The highest BCUT2D eigenvalue weighted by molar-refractivity contribution is 6.32. The number of alkyl halides is 2. The van der Waals surface area contributed by atoms with E-state index in [1.54, 1.807) is 4.90 Å². The number of ether oxygens (including phenoxy) is 1. The first kappa shape index (κ1) is 19.1. The maximum atomic E-state index is 12.4. The Morgan fingerprint density at radius 1 is 1.26 bits per heavy atom. The molecule has 1 atom stereocenters. The number of rotatable bonds is 6. The molecular weight excluding hydrogens is 378 g/mol. The summed E-state index contributed by atoms with van der Waals surface area (Å²) in [5, 5.41) is 2.62. The molecule has 1 fully saturated rings. The van der Waals surface area contributed by atoms with Crippen LogP contribution in [-0.4, -0.2) is 29.9 Å². The van der Waals surface area contributed by atoms with Crippen molar-refractivity contribution < 1.29 is 23.1 Å². The summed E-state index contributed by atoms with van der Waals surface area (Å²) in [5.74, 6) is -1.07. The highest BCUT2D eigenvalue weighted by atomic mass is 35.5. The van der Waals surface area contributed by atoms with E-state index in [0.29, 0.717) is 18.8 Å². The lowest BCUT2D eigenvalue weighted by Gasteiger charge is -2.17. The first-order valence-corrected chi connectivity index (χ1v) is 8.67. The molecule has 1 aliphatic rings. The van der Waals surface area contributed by atoms with Crippen LogP contribution in [0.2, 0.25) is 5.02 Å². The Kier molecular flexibility index (Phi) is 5.91. The molecule has 3 rings (SSSR count). The van der Waals surface area contributed by atoms with Crippen LogP contribution in [0, 0.1) is 5.92 Å². The molecule has 1 aliphatic heterocycles. The highest BCUT2D eigenvalue weighted by Gasteiger charge is 2.34. The van der Waals surface area contributed by atoms with Crippen LogP contribution in [0.25, 0.3) is 0 Å². The van der Waals surface area contributed by atoms with E-state index in [9.17, 15) is 18.4 Å². The summed E-state index contributed by atoms with van der Waals surface area (Å²) < 4.78 is 28.8. The molecule has 1 saturated heterocycles. The van der Waals surface area contributed by atoms with Gasteiger partial charge >= 0.3 is 6.61 Å². The third-order valence-corrected chi connectivity index (χ3v) is 4.51. The molecule has 0 saturated carbocycles. The second-order valence-electron chi connectivity index (χ2n) is 6.17. The van der Waals surface area contributed by atoms with Gasteiger partial charge < -0.3 is 15.0 Å². The van der Waals surface area contributed by atoms with Crippen molar-refractivity contribution >= 4 is 29.1 Å². The Morgan fingerprint density at radius 3 is 2.67 bits per heavy atom. The smallest absolute Gasteiger partial charge is 0.387 e. The number of likely N-dealkylation sites (tertiary alicyclic amines) is 1. The SMILES string of the molecule is O=C(Nc1ccc(OC(F)F)c(Cl)c1)C1CC(=O)N(Cc2ccccc2)C1. The zero-order valence-corrected chi connectivity index (χ0v) is 15.0. The van der Waals surface area contributed by atoms with Crippen molar-refractivity contribution in [1.29, 1.82) is 0 Å². The van der Waals surface area contributed by atoms with Crippen molar-refractivity contribution in [3.05, 3.63) is 59.1 Å². The minimum absolute atomic E-state index is 0.0405. The predicted octanol–water partition coefficient (Wildman–Crippen LogP) is 3.93. The van der Waals surface area contributed by atoms with Crippen LogP contribution in [0.15, 0.2) is 48.5 Å². The normalized spacial score (nSPS) is 16.7. The summed E-state index contributed by atoms with van der Waals surface area (Å²) in [7, 11) is 0. The Balaban J connectivity index is 1.60. The van der Waals surface area contributed by atoms with Gasteiger partial charge in [0.05, 0.1) is 10.9 Å². The molecule has 2 aromatic rings. The number of anilines is 1. The molecule has 1 heterocycles. The average Bonchev–Trinajstić information content (AvgIpc) is 2.99. The fourth-order valence-corrected chi connectivity index (χ4v) is 3.14. The molecule has 1 unspecified atom stereocenters. The molecule has 2 aromatic carbocycles. The lowest BCUT2D eigenvalue weighted by atomic mass is 10.1. The Morgan fingerprint density at radius 2 is 2.00 bits per heavy atom. The highest BCUT2D eigenvalue weighted by Crippen LogP contribution is 2.29. The van der Waals surface area contributed by atoms with E-state index in [-0.39, 0.29) is 29.0 Å². The van der Waals surface area contributed by atoms with Gasteiger partial charge in [0.15, 0.2) is 0 Å². The van der Waals surface area contributed by atoms with Gasteiger partial charge in [0.25, 0.3) is 0 Å². The van der Waals surface area contributed by atoms with Crippen molar-refractivity contribution in [2.24, 2.45) is 5.92 Å². The predicted molar refractivity (Wildman–Crippen MR) is 96.7 cm³/mol. The van der Waals surface area contributed by atoms with Crippen LogP contribution in [-0.2, 0) is 16.1 Å². The van der Waals surface area contributed by atoms with Crippen LogP contribution in [0.3, 0.4) is 0 Å². The van der Waals surface area contributed by atoms with Gasteiger partial charge in [-0.15, -0.1) is 0 Å². The van der Waals surface area contributed by atoms with E-state index in [2.05, 4.69) is 10.1 Å². The van der Waals surface area contributed by atoms with Gasteiger partial charge in [0.2, 0.25) is 11.8 Å². The number of benzene rings is 2. The molecular formula is C19H17ClF2N2O3. The molecule has 0 bridgehead atoms. The summed E-state index contributed by atoms with van der Waals surface area (Å²) in [6, 6.07) is 13.5. The number of halogens is 3. The molecule has 0 spiro atoms. The molecule has 8 heteroatoms. The maximum absolute atomic E-state index is 12.4. The van der Waals surface area contributed by atoms with Crippen molar-refractivity contribution in [2.75, 3.05) is 11.9 Å². The first-order chi connectivity index (χ1) is 12.9. The summed E-state index contributed by atoms with van der Waals surface area (Å²) >= 11 is 5.88. The number of hydrogen-bond acceptors (Lipinski definition) is 3. The summed E-state index contributed by atoms with van der Waals surface area (Å²) in [5.41, 5.74) is 1.34. The van der Waals surface area contributed by atoms with Gasteiger partial charge in [0, 0.05) is 25.2 Å². The molecule has 0 radical (unpaired) electrons. The quantitative estimate of drug-likeness (QED) is 0.807. The Hall–Kier alpha value is -2.67. The van der Waals surface area contributed by atoms with E-state index in [1.807, 2.05) is 30.3 Å². The molecule has 2 amide bonds. The Bertz CT molecular complexity index is 833. The van der Waals surface area contributed by atoms with E-state index in [0.717, 1.165) is 5.56 Å². The van der Waals surface area contributed by atoms with Crippen molar-refractivity contribution in [3.8, 4) is 5.75 Å². The lowest BCUT2D eigenvalue weighted by molar-refractivity contribution is -0.128. The fourth-order valence-electron chi connectivity index (χ4n) is 2.92. The zero-order valence-electron chi connectivity index (χ0n) is 14.2. The largest absolute Gasteiger partial charge is 0.433 e. The number of nitrogens with zero attached hydrogens (tertiary/aromatic N) is 1. The maximum Gasteiger partial charge on any atom is 0.387 e. The van der Waals surface area contributed by atoms with Crippen LogP contribution in [0.4, 0.5) is 14.5 Å². The standard InChI is InChI=1S/C19H17ClF2N2O3/c20-15-9-14(6-7-16(15)27-19(21)22)23-18(26)13-8-17(25)24(11-13)10-12-4-2-1-3-5-12/h1-7,9,13,19H,8,10-11H2,(H,23,26). The van der Waals surface area contributed by atoms with E-state index < -0.39 is 12.5 Å². The number of hydrogen-bond donors (Lipinski definition) is 1. The van der Waals surface area contributed by atoms with Gasteiger partial charge in [-0.05, 0) is 23.8 Å². The summed E-state index contributed by atoms with van der Waals surface area (Å²) in [6.45, 7) is -2.21. The van der Waals surface area contributed by atoms with Crippen LogP contribution in [0.5, 0.6) is 5.75 Å². The van der Waals surface area contributed by atoms with Crippen molar-refractivity contribution in [3.63, 3.8) is 0 Å². The van der Waals surface area contributed by atoms with E-state index in [1.165, 1.54) is 18.2 Å². The topological polar surface area (TPSA) is 58.6 Å². The fraction of sp³-hybridized carbons (Fsp3) is 0.263. The molecule has 5 nitrogen and oxygen atoms in total. The lowest BCUT2D eigenvalue weighted by Crippen LogP contribution is -2.28. The second kappa shape index (κ2) is 8.35. The molecule has 0 aliphatic carbocycles. The first-order valence-electron chi connectivity index (χ1n) is 8.29. The average molecular weight is 395 g/mol. The molecule has 27 heavy (non-hydrogen) atoms. The number of carbonyl (C=O) groups is 2. The van der Waals surface area contributed by atoms with Crippen molar-refractivity contribution in [1.82, 2.24) is 4.90 Å². The van der Waals surface area contributed by atoms with Gasteiger partial charge in [-0.3, -0.25) is 9.59 Å². The third-order valence-electron chi connectivity index (χ3n) is 4.22. The second-order valence-corrected chi connectivity index (χ2v) is 6.58. The van der Waals surface area contributed by atoms with Crippen molar-refractivity contribution in [2.45, 2.75) is 19.6 Å².